The van der Waals surface area contributed by atoms with Crippen LogP contribution in [0.2, 0.25) is 0 Å². The van der Waals surface area contributed by atoms with E-state index in [0.29, 0.717) is 11.1 Å². The van der Waals surface area contributed by atoms with Gasteiger partial charge in [0.25, 0.3) is 5.92 Å². The highest BCUT2D eigenvalue weighted by molar-refractivity contribution is 5.49. The van der Waals surface area contributed by atoms with E-state index in [9.17, 15) is 13.9 Å². The van der Waals surface area contributed by atoms with Crippen LogP contribution in [0.4, 0.5) is 8.78 Å². The molecule has 0 spiro atoms. The van der Waals surface area contributed by atoms with E-state index in [2.05, 4.69) is 0 Å². The smallest absolute Gasteiger partial charge is 0.274 e. The molecule has 0 aromatic heterocycles. The Morgan fingerprint density at radius 3 is 2.47 bits per heavy atom. The summed E-state index contributed by atoms with van der Waals surface area (Å²) in [7, 11) is 1.30. The maximum Gasteiger partial charge on any atom is 0.274 e. The highest BCUT2D eigenvalue weighted by atomic mass is 19.3. The summed E-state index contributed by atoms with van der Waals surface area (Å²) in [6.07, 6.45) is -1.01. The fourth-order valence-corrected chi connectivity index (χ4v) is 1.80. The molecule has 1 aromatic rings. The molecule has 0 fully saturated rings. The molecule has 0 amide bonds. The second-order valence-corrected chi connectivity index (χ2v) is 4.02. The summed E-state index contributed by atoms with van der Waals surface area (Å²) < 4.78 is 31.8. The Hall–Kier alpha value is -1.20. The number of ether oxygens (including phenoxy) is 1. The van der Waals surface area contributed by atoms with Crippen LogP contribution in [0.1, 0.15) is 29.7 Å². The maximum atomic E-state index is 13.4. The van der Waals surface area contributed by atoms with Crippen molar-refractivity contribution in [3.63, 3.8) is 0 Å². The average molecular weight is 245 g/mol. The Labute approximate surface area is 99.2 Å². The molecule has 0 heterocycles. The number of aliphatic hydroxyl groups excluding tert-OH is 1. The fourth-order valence-electron chi connectivity index (χ4n) is 1.80. The van der Waals surface area contributed by atoms with Crippen molar-refractivity contribution in [2.45, 2.75) is 25.9 Å². The molecule has 0 saturated heterocycles. The molecule has 0 saturated carbocycles. The highest BCUT2D eigenvalue weighted by Gasteiger charge is 2.31. The zero-order valence-corrected chi connectivity index (χ0v) is 10.1. The van der Waals surface area contributed by atoms with Crippen LogP contribution >= 0.6 is 0 Å². The number of alkyl halides is 2. The number of hydrogen-bond donors (Lipinski definition) is 2. The Kier molecular flexibility index (Phi) is 4.06. The minimum absolute atomic E-state index is 0.00968. The van der Waals surface area contributed by atoms with Crippen molar-refractivity contribution in [1.29, 1.82) is 0 Å². The quantitative estimate of drug-likeness (QED) is 0.854. The maximum absolute atomic E-state index is 13.4. The van der Waals surface area contributed by atoms with E-state index in [1.54, 1.807) is 6.92 Å². The lowest BCUT2D eigenvalue weighted by Gasteiger charge is -2.22. The predicted octanol–water partition coefficient (Wildman–Crippen LogP) is 2.11. The molecule has 5 heteroatoms. The highest BCUT2D eigenvalue weighted by Crippen LogP contribution is 2.40. The molecule has 0 aliphatic rings. The molecule has 3 nitrogen and oxygen atoms in total. The fraction of sp³-hybridized carbons (Fsp3) is 0.500. The van der Waals surface area contributed by atoms with Crippen LogP contribution in [-0.4, -0.2) is 18.8 Å². The first-order valence-corrected chi connectivity index (χ1v) is 5.26. The third-order valence-corrected chi connectivity index (χ3v) is 2.65. The molecule has 0 aliphatic carbocycles. The van der Waals surface area contributed by atoms with Gasteiger partial charge < -0.3 is 15.6 Å². The van der Waals surface area contributed by atoms with Crippen molar-refractivity contribution in [1.82, 2.24) is 0 Å². The topological polar surface area (TPSA) is 55.5 Å². The van der Waals surface area contributed by atoms with Gasteiger partial charge in [-0.3, -0.25) is 0 Å². The molecule has 96 valence electrons. The summed E-state index contributed by atoms with van der Waals surface area (Å²) in [5.74, 6) is -3.02. The van der Waals surface area contributed by atoms with Crippen LogP contribution in [0.15, 0.2) is 12.1 Å². The summed E-state index contributed by atoms with van der Waals surface area (Å²) in [5, 5.41) is 9.76. The van der Waals surface area contributed by atoms with Crippen molar-refractivity contribution in [2.75, 3.05) is 13.7 Å². The first kappa shape index (κ1) is 13.9. The molecular formula is C12H17F2NO2. The summed E-state index contributed by atoms with van der Waals surface area (Å²) in [5.41, 5.74) is 6.12. The van der Waals surface area contributed by atoms with E-state index in [-0.39, 0.29) is 17.9 Å². The zero-order valence-electron chi connectivity index (χ0n) is 10.1. The second kappa shape index (κ2) is 4.98. The molecule has 1 unspecified atom stereocenters. The number of nitrogens with two attached hydrogens (primary N) is 1. The first-order valence-electron chi connectivity index (χ1n) is 5.26. The summed E-state index contributed by atoms with van der Waals surface area (Å²) in [4.78, 5) is 0. The number of hydrogen-bond acceptors (Lipinski definition) is 3. The van der Waals surface area contributed by atoms with Crippen LogP contribution in [0.5, 0.6) is 5.75 Å². The van der Waals surface area contributed by atoms with Crippen LogP contribution < -0.4 is 10.5 Å². The molecule has 1 atom stereocenters. The van der Waals surface area contributed by atoms with Gasteiger partial charge in [-0.2, -0.15) is 0 Å². The summed E-state index contributed by atoms with van der Waals surface area (Å²) in [6.45, 7) is 2.46. The van der Waals surface area contributed by atoms with Gasteiger partial charge in [0.2, 0.25) is 0 Å². The molecule has 17 heavy (non-hydrogen) atoms. The van der Waals surface area contributed by atoms with Crippen LogP contribution in [0.3, 0.4) is 0 Å². The molecular weight excluding hydrogens is 228 g/mol. The molecule has 1 aromatic carbocycles. The van der Waals surface area contributed by atoms with Crippen molar-refractivity contribution in [2.24, 2.45) is 5.73 Å². The van der Waals surface area contributed by atoms with Gasteiger partial charge in [-0.15, -0.1) is 0 Å². The molecule has 0 bridgehead atoms. The number of aliphatic hydroxyl groups is 1. The van der Waals surface area contributed by atoms with Crippen molar-refractivity contribution in [3.05, 3.63) is 28.8 Å². The Balaban J connectivity index is 3.47. The lowest BCUT2D eigenvalue weighted by Crippen LogP contribution is -2.17. The number of aryl methyl sites for hydroxylation is 1. The van der Waals surface area contributed by atoms with E-state index < -0.39 is 12.0 Å². The SMILES string of the molecule is COc1c(C(C)(F)F)ccc(C)c1C(O)CN. The van der Waals surface area contributed by atoms with E-state index in [1.165, 1.54) is 19.2 Å². The Morgan fingerprint density at radius 1 is 1.47 bits per heavy atom. The lowest BCUT2D eigenvalue weighted by molar-refractivity contribution is 0.0146. The van der Waals surface area contributed by atoms with Gasteiger partial charge in [-0.1, -0.05) is 6.07 Å². The second-order valence-electron chi connectivity index (χ2n) is 4.02. The summed E-state index contributed by atoms with van der Waals surface area (Å²) in [6, 6.07) is 2.84. The number of halogens is 2. The first-order chi connectivity index (χ1) is 7.82. The van der Waals surface area contributed by atoms with Crippen molar-refractivity contribution in [3.8, 4) is 5.75 Å². The van der Waals surface area contributed by atoms with E-state index >= 15 is 0 Å². The van der Waals surface area contributed by atoms with Gasteiger partial charge in [0.1, 0.15) is 5.75 Å². The third kappa shape index (κ3) is 2.73. The van der Waals surface area contributed by atoms with Crippen LogP contribution in [-0.2, 0) is 5.92 Å². The van der Waals surface area contributed by atoms with Gasteiger partial charge in [0, 0.05) is 19.0 Å². The molecule has 0 radical (unpaired) electrons. The molecule has 1 rings (SSSR count). The average Bonchev–Trinajstić information content (AvgIpc) is 2.25. The molecule has 0 aliphatic heterocycles. The number of methoxy groups -OCH3 is 1. The summed E-state index contributed by atoms with van der Waals surface area (Å²) >= 11 is 0. The zero-order chi connectivity index (χ0) is 13.2. The van der Waals surface area contributed by atoms with Gasteiger partial charge in [0.15, 0.2) is 0 Å². The predicted molar refractivity (Wildman–Crippen MR) is 61.3 cm³/mol. The monoisotopic (exact) mass is 245 g/mol. The van der Waals surface area contributed by atoms with Gasteiger partial charge in [0.05, 0.1) is 18.8 Å². The van der Waals surface area contributed by atoms with Gasteiger partial charge in [-0.25, -0.2) is 8.78 Å². The number of rotatable bonds is 4. The minimum atomic E-state index is -3.03. The standard InChI is InChI=1S/C12H17F2NO2/c1-7-4-5-8(12(2,13)14)11(17-3)10(7)9(16)6-15/h4-5,9,16H,6,15H2,1-3H3. The van der Waals surface area contributed by atoms with Crippen molar-refractivity contribution >= 4 is 0 Å². The number of benzene rings is 1. The third-order valence-electron chi connectivity index (χ3n) is 2.65. The Morgan fingerprint density at radius 2 is 2.06 bits per heavy atom. The molecule has 3 N–H and O–H groups in total. The van der Waals surface area contributed by atoms with E-state index in [1.807, 2.05) is 0 Å². The Bertz CT molecular complexity index is 402. The van der Waals surface area contributed by atoms with Crippen LogP contribution in [0, 0.1) is 6.92 Å². The van der Waals surface area contributed by atoms with E-state index in [0.717, 1.165) is 6.92 Å². The van der Waals surface area contributed by atoms with Gasteiger partial charge >= 0.3 is 0 Å². The normalized spacial score (nSPS) is 13.6. The van der Waals surface area contributed by atoms with Crippen LogP contribution in [0.25, 0.3) is 0 Å². The van der Waals surface area contributed by atoms with Crippen molar-refractivity contribution < 1.29 is 18.6 Å². The minimum Gasteiger partial charge on any atom is -0.496 e. The van der Waals surface area contributed by atoms with Gasteiger partial charge in [-0.05, 0) is 18.6 Å². The van der Waals surface area contributed by atoms with E-state index in [4.69, 9.17) is 10.5 Å². The largest absolute Gasteiger partial charge is 0.496 e. The lowest BCUT2D eigenvalue weighted by atomic mass is 9.96.